The third-order valence-electron chi connectivity index (χ3n) is 4.50. The van der Waals surface area contributed by atoms with Crippen LogP contribution >= 0.6 is 0 Å². The van der Waals surface area contributed by atoms with Crippen molar-refractivity contribution in [2.75, 3.05) is 6.54 Å². The van der Waals surface area contributed by atoms with E-state index >= 15 is 0 Å². The number of nitrogens with one attached hydrogen (secondary N) is 1. The van der Waals surface area contributed by atoms with Gasteiger partial charge in [-0.3, -0.25) is 9.20 Å². The number of aromatic nitrogens is 4. The van der Waals surface area contributed by atoms with E-state index in [1.165, 1.54) is 0 Å². The molecule has 0 fully saturated rings. The highest BCUT2D eigenvalue weighted by Gasteiger charge is 2.27. The maximum Gasteiger partial charge on any atom is 0.405 e. The zero-order valence-electron chi connectivity index (χ0n) is 15.6. The molecule has 1 amide bonds. The quantitative estimate of drug-likeness (QED) is 0.544. The number of fused-ring (bicyclic) bond motifs is 1. The molecule has 0 radical (unpaired) electrons. The number of pyridine rings is 1. The van der Waals surface area contributed by atoms with Crippen molar-refractivity contribution in [3.8, 4) is 22.4 Å². The van der Waals surface area contributed by atoms with Crippen LogP contribution in [0.5, 0.6) is 0 Å². The second-order valence-corrected chi connectivity index (χ2v) is 6.69. The molecule has 0 unspecified atom stereocenters. The van der Waals surface area contributed by atoms with Gasteiger partial charge in [-0.1, -0.05) is 18.2 Å². The molecule has 9 heteroatoms. The van der Waals surface area contributed by atoms with Crippen molar-refractivity contribution in [2.45, 2.75) is 12.6 Å². The lowest BCUT2D eigenvalue weighted by Gasteiger charge is -2.09. The van der Waals surface area contributed by atoms with Crippen LogP contribution in [-0.4, -0.2) is 38.2 Å². The third-order valence-corrected chi connectivity index (χ3v) is 4.50. The average molecular weight is 411 g/mol. The van der Waals surface area contributed by atoms with Crippen molar-refractivity contribution < 1.29 is 18.0 Å². The Labute approximate surface area is 169 Å². The van der Waals surface area contributed by atoms with E-state index in [0.717, 1.165) is 28.0 Å². The summed E-state index contributed by atoms with van der Waals surface area (Å²) in [6.45, 7) is -1.34. The molecular formula is C21H16F3N5O. The Hall–Kier alpha value is -3.75. The fraction of sp³-hybridized carbons (Fsp3) is 0.143. The lowest BCUT2D eigenvalue weighted by atomic mass is 10.1. The van der Waals surface area contributed by atoms with Crippen LogP contribution in [0, 0.1) is 0 Å². The zero-order chi connectivity index (χ0) is 21.1. The van der Waals surface area contributed by atoms with Gasteiger partial charge in [0, 0.05) is 17.3 Å². The normalized spacial score (nSPS) is 11.6. The Balaban J connectivity index is 1.57. The standard InChI is InChI=1S/C21H16F3N5O/c22-21(23,24)13-26-20(30)9-14-2-1-3-16(8-14)18-12-25-19-10-15(5-7-29(18)19)17-4-6-27-28-11-17/h1-8,10-12H,9,13H2,(H,26,30). The molecule has 1 N–H and O–H groups in total. The second-order valence-electron chi connectivity index (χ2n) is 6.69. The van der Waals surface area contributed by atoms with Crippen LogP contribution in [0.2, 0.25) is 0 Å². The van der Waals surface area contributed by atoms with Gasteiger partial charge in [0.15, 0.2) is 0 Å². The van der Waals surface area contributed by atoms with Crippen LogP contribution in [-0.2, 0) is 11.2 Å². The van der Waals surface area contributed by atoms with E-state index in [-0.39, 0.29) is 6.42 Å². The number of hydrogen-bond donors (Lipinski definition) is 1. The number of benzene rings is 1. The highest BCUT2D eigenvalue weighted by molar-refractivity contribution is 5.79. The SMILES string of the molecule is O=C(Cc1cccc(-c2cnc3cc(-c4ccnnc4)ccn23)c1)NCC(F)(F)F. The van der Waals surface area contributed by atoms with E-state index in [2.05, 4.69) is 15.2 Å². The van der Waals surface area contributed by atoms with Crippen LogP contribution in [0.4, 0.5) is 13.2 Å². The molecule has 0 spiro atoms. The maximum absolute atomic E-state index is 12.3. The Morgan fingerprint density at radius 1 is 1.00 bits per heavy atom. The van der Waals surface area contributed by atoms with E-state index in [9.17, 15) is 18.0 Å². The number of nitrogens with zero attached hydrogens (tertiary/aromatic N) is 4. The number of halogens is 3. The minimum atomic E-state index is -4.43. The molecule has 6 nitrogen and oxygen atoms in total. The lowest BCUT2D eigenvalue weighted by Crippen LogP contribution is -2.34. The first-order chi connectivity index (χ1) is 14.4. The molecule has 0 saturated heterocycles. The summed E-state index contributed by atoms with van der Waals surface area (Å²) in [5, 5.41) is 9.54. The number of amides is 1. The summed E-state index contributed by atoms with van der Waals surface area (Å²) in [4.78, 5) is 16.3. The molecule has 1 aromatic carbocycles. The number of alkyl halides is 3. The summed E-state index contributed by atoms with van der Waals surface area (Å²) in [5.74, 6) is -0.682. The fourth-order valence-corrected chi connectivity index (χ4v) is 3.12. The third kappa shape index (κ3) is 4.45. The molecule has 3 heterocycles. The van der Waals surface area contributed by atoms with Crippen LogP contribution < -0.4 is 5.32 Å². The first kappa shape index (κ1) is 19.6. The first-order valence-electron chi connectivity index (χ1n) is 9.06. The molecule has 0 aliphatic heterocycles. The summed E-state index contributed by atoms with van der Waals surface area (Å²) in [5.41, 5.74) is 4.83. The second kappa shape index (κ2) is 7.94. The summed E-state index contributed by atoms with van der Waals surface area (Å²) < 4.78 is 38.7. The monoisotopic (exact) mass is 411 g/mol. The van der Waals surface area contributed by atoms with Gasteiger partial charge in [0.1, 0.15) is 12.2 Å². The molecule has 4 aromatic rings. The predicted octanol–water partition coefficient (Wildman–Crippen LogP) is 3.68. The molecular weight excluding hydrogens is 395 g/mol. The summed E-state index contributed by atoms with van der Waals surface area (Å²) in [6.07, 6.45) is 2.32. The minimum Gasteiger partial charge on any atom is -0.347 e. The van der Waals surface area contributed by atoms with Crippen molar-refractivity contribution in [3.05, 3.63) is 72.8 Å². The molecule has 30 heavy (non-hydrogen) atoms. The van der Waals surface area contributed by atoms with Gasteiger partial charge in [-0.05, 0) is 35.4 Å². The fourth-order valence-electron chi connectivity index (χ4n) is 3.12. The van der Waals surface area contributed by atoms with Crippen molar-refractivity contribution in [3.63, 3.8) is 0 Å². The van der Waals surface area contributed by atoms with E-state index in [4.69, 9.17) is 0 Å². The Kier molecular flexibility index (Phi) is 5.18. The molecule has 0 atom stereocenters. The predicted molar refractivity (Wildman–Crippen MR) is 104 cm³/mol. The van der Waals surface area contributed by atoms with Gasteiger partial charge in [0.25, 0.3) is 0 Å². The molecule has 152 valence electrons. The summed E-state index contributed by atoms with van der Waals surface area (Å²) in [6, 6.07) is 12.8. The van der Waals surface area contributed by atoms with Crippen molar-refractivity contribution in [1.29, 1.82) is 0 Å². The molecule has 0 bridgehead atoms. The van der Waals surface area contributed by atoms with Gasteiger partial charge in [-0.2, -0.15) is 23.4 Å². The van der Waals surface area contributed by atoms with Crippen LogP contribution in [0.1, 0.15) is 5.56 Å². The Bertz CT molecular complexity index is 1190. The Morgan fingerprint density at radius 3 is 2.63 bits per heavy atom. The van der Waals surface area contributed by atoms with Crippen LogP contribution in [0.3, 0.4) is 0 Å². The number of rotatable bonds is 5. The first-order valence-corrected chi connectivity index (χ1v) is 9.06. The van der Waals surface area contributed by atoms with Crippen molar-refractivity contribution in [1.82, 2.24) is 24.9 Å². The van der Waals surface area contributed by atoms with E-state index in [0.29, 0.717) is 5.56 Å². The van der Waals surface area contributed by atoms with Crippen molar-refractivity contribution in [2.24, 2.45) is 0 Å². The van der Waals surface area contributed by atoms with Gasteiger partial charge >= 0.3 is 6.18 Å². The summed E-state index contributed by atoms with van der Waals surface area (Å²) in [7, 11) is 0. The van der Waals surface area contributed by atoms with Gasteiger partial charge < -0.3 is 5.32 Å². The van der Waals surface area contributed by atoms with Crippen LogP contribution in [0.15, 0.2) is 67.3 Å². The van der Waals surface area contributed by atoms with Gasteiger partial charge in [0.05, 0.1) is 30.7 Å². The Morgan fingerprint density at radius 2 is 1.87 bits per heavy atom. The zero-order valence-corrected chi connectivity index (χ0v) is 15.6. The largest absolute Gasteiger partial charge is 0.405 e. The number of hydrogen-bond acceptors (Lipinski definition) is 4. The molecule has 3 aromatic heterocycles. The number of carbonyl (C=O) groups is 1. The van der Waals surface area contributed by atoms with Gasteiger partial charge in [-0.25, -0.2) is 4.98 Å². The number of imidazole rings is 1. The lowest BCUT2D eigenvalue weighted by molar-refractivity contribution is -0.138. The smallest absolute Gasteiger partial charge is 0.347 e. The van der Waals surface area contributed by atoms with Gasteiger partial charge in [-0.15, -0.1) is 0 Å². The average Bonchev–Trinajstić information content (AvgIpc) is 3.16. The van der Waals surface area contributed by atoms with E-state index < -0.39 is 18.6 Å². The van der Waals surface area contributed by atoms with E-state index in [1.54, 1.807) is 36.8 Å². The maximum atomic E-state index is 12.3. The van der Waals surface area contributed by atoms with Crippen molar-refractivity contribution >= 4 is 11.6 Å². The van der Waals surface area contributed by atoms with E-state index in [1.807, 2.05) is 40.2 Å². The van der Waals surface area contributed by atoms with Crippen LogP contribution in [0.25, 0.3) is 28.0 Å². The highest BCUT2D eigenvalue weighted by Crippen LogP contribution is 2.25. The molecule has 0 aliphatic carbocycles. The topological polar surface area (TPSA) is 72.2 Å². The summed E-state index contributed by atoms with van der Waals surface area (Å²) >= 11 is 0. The highest BCUT2D eigenvalue weighted by atomic mass is 19.4. The molecule has 4 rings (SSSR count). The van der Waals surface area contributed by atoms with Gasteiger partial charge in [0.2, 0.25) is 5.91 Å². The molecule has 0 aliphatic rings. The molecule has 0 saturated carbocycles. The minimum absolute atomic E-state index is 0.139. The number of carbonyl (C=O) groups excluding carboxylic acids is 1.